The number of methoxy groups -OCH3 is 1. The molecule has 0 amide bonds. The maximum absolute atomic E-state index is 5.45. The van der Waals surface area contributed by atoms with Gasteiger partial charge in [-0.15, -0.1) is 11.8 Å². The SMILES string of the molecule is CNC1CCCCCC1Sc1ccccc1OC. The summed E-state index contributed by atoms with van der Waals surface area (Å²) in [7, 11) is 3.84. The first-order valence-electron chi connectivity index (χ1n) is 6.82. The number of ether oxygens (including phenoxy) is 1. The van der Waals surface area contributed by atoms with Crippen molar-refractivity contribution in [2.24, 2.45) is 0 Å². The van der Waals surface area contributed by atoms with E-state index in [-0.39, 0.29) is 0 Å². The van der Waals surface area contributed by atoms with Gasteiger partial charge >= 0.3 is 0 Å². The van der Waals surface area contributed by atoms with Crippen molar-refractivity contribution in [1.29, 1.82) is 0 Å². The minimum absolute atomic E-state index is 0.627. The lowest BCUT2D eigenvalue weighted by molar-refractivity contribution is 0.404. The Hall–Kier alpha value is -0.670. The lowest BCUT2D eigenvalue weighted by atomic mass is 10.1. The van der Waals surface area contributed by atoms with Gasteiger partial charge in [-0.1, -0.05) is 31.4 Å². The average Bonchev–Trinajstić information content (AvgIpc) is 2.64. The predicted octanol–water partition coefficient (Wildman–Crippen LogP) is 3.71. The highest BCUT2D eigenvalue weighted by molar-refractivity contribution is 8.00. The Labute approximate surface area is 114 Å². The molecule has 1 aromatic carbocycles. The topological polar surface area (TPSA) is 21.3 Å². The molecule has 100 valence electrons. The van der Waals surface area contributed by atoms with Gasteiger partial charge < -0.3 is 10.1 Å². The molecule has 18 heavy (non-hydrogen) atoms. The minimum Gasteiger partial charge on any atom is -0.496 e. The van der Waals surface area contributed by atoms with Crippen molar-refractivity contribution in [2.75, 3.05) is 14.2 Å². The van der Waals surface area contributed by atoms with Crippen LogP contribution in [-0.4, -0.2) is 25.4 Å². The Morgan fingerprint density at radius 1 is 1.17 bits per heavy atom. The van der Waals surface area contributed by atoms with E-state index < -0.39 is 0 Å². The summed E-state index contributed by atoms with van der Waals surface area (Å²) in [5, 5.41) is 4.15. The summed E-state index contributed by atoms with van der Waals surface area (Å²) < 4.78 is 5.45. The molecule has 3 heteroatoms. The second kappa shape index (κ2) is 7.05. The van der Waals surface area contributed by atoms with Crippen LogP contribution in [0.15, 0.2) is 29.2 Å². The number of benzene rings is 1. The summed E-state index contributed by atoms with van der Waals surface area (Å²) in [6.45, 7) is 0. The molecule has 0 radical (unpaired) electrons. The molecule has 1 aliphatic rings. The van der Waals surface area contributed by atoms with Crippen LogP contribution in [0.3, 0.4) is 0 Å². The van der Waals surface area contributed by atoms with Crippen LogP contribution < -0.4 is 10.1 Å². The fourth-order valence-electron chi connectivity index (χ4n) is 2.62. The lowest BCUT2D eigenvalue weighted by Gasteiger charge is -2.24. The molecule has 0 saturated heterocycles. The van der Waals surface area contributed by atoms with E-state index >= 15 is 0 Å². The molecule has 0 spiro atoms. The zero-order chi connectivity index (χ0) is 12.8. The van der Waals surface area contributed by atoms with E-state index in [0.717, 1.165) is 5.75 Å². The van der Waals surface area contributed by atoms with Crippen molar-refractivity contribution in [1.82, 2.24) is 5.32 Å². The van der Waals surface area contributed by atoms with Crippen LogP contribution in [0.1, 0.15) is 32.1 Å². The van der Waals surface area contributed by atoms with Gasteiger partial charge in [0.1, 0.15) is 5.75 Å². The van der Waals surface area contributed by atoms with E-state index in [1.807, 2.05) is 23.9 Å². The van der Waals surface area contributed by atoms with Crippen LogP contribution >= 0.6 is 11.8 Å². The molecule has 0 aromatic heterocycles. The number of rotatable bonds is 4. The number of thioether (sulfide) groups is 1. The zero-order valence-electron chi connectivity index (χ0n) is 11.3. The van der Waals surface area contributed by atoms with E-state index in [9.17, 15) is 0 Å². The molecule has 1 aliphatic carbocycles. The highest BCUT2D eigenvalue weighted by Gasteiger charge is 2.24. The Morgan fingerprint density at radius 2 is 1.94 bits per heavy atom. The van der Waals surface area contributed by atoms with Crippen molar-refractivity contribution < 1.29 is 4.74 Å². The molecule has 0 aliphatic heterocycles. The van der Waals surface area contributed by atoms with Crippen LogP contribution in [0.25, 0.3) is 0 Å². The minimum atomic E-state index is 0.627. The van der Waals surface area contributed by atoms with E-state index in [1.165, 1.54) is 37.0 Å². The van der Waals surface area contributed by atoms with Crippen molar-refractivity contribution in [2.45, 2.75) is 48.3 Å². The van der Waals surface area contributed by atoms with Crippen molar-refractivity contribution in [3.05, 3.63) is 24.3 Å². The number of nitrogens with one attached hydrogen (secondary N) is 1. The third-order valence-electron chi connectivity index (χ3n) is 3.67. The van der Waals surface area contributed by atoms with E-state index in [4.69, 9.17) is 4.74 Å². The monoisotopic (exact) mass is 265 g/mol. The second-order valence-electron chi connectivity index (χ2n) is 4.84. The predicted molar refractivity (Wildman–Crippen MR) is 78.6 cm³/mol. The smallest absolute Gasteiger partial charge is 0.132 e. The van der Waals surface area contributed by atoms with Crippen LogP contribution in [0.2, 0.25) is 0 Å². The quantitative estimate of drug-likeness (QED) is 0.839. The van der Waals surface area contributed by atoms with Crippen molar-refractivity contribution in [3.63, 3.8) is 0 Å². The first-order chi connectivity index (χ1) is 8.85. The van der Waals surface area contributed by atoms with Crippen LogP contribution in [-0.2, 0) is 0 Å². The van der Waals surface area contributed by atoms with Gasteiger partial charge in [-0.05, 0) is 32.0 Å². The third kappa shape index (κ3) is 3.42. The van der Waals surface area contributed by atoms with Gasteiger partial charge in [-0.25, -0.2) is 0 Å². The number of hydrogen-bond donors (Lipinski definition) is 1. The summed E-state index contributed by atoms with van der Waals surface area (Å²) in [5.74, 6) is 1.00. The summed E-state index contributed by atoms with van der Waals surface area (Å²) in [5.41, 5.74) is 0. The molecular formula is C15H23NOS. The molecule has 2 unspecified atom stereocenters. The van der Waals surface area contributed by atoms with Crippen molar-refractivity contribution >= 4 is 11.8 Å². The van der Waals surface area contributed by atoms with E-state index in [1.54, 1.807) is 7.11 Å². The van der Waals surface area contributed by atoms with Crippen LogP contribution in [0.5, 0.6) is 5.75 Å². The summed E-state index contributed by atoms with van der Waals surface area (Å²) in [6, 6.07) is 8.97. The first-order valence-corrected chi connectivity index (χ1v) is 7.70. The molecule has 2 nitrogen and oxygen atoms in total. The first kappa shape index (κ1) is 13.8. The van der Waals surface area contributed by atoms with Gasteiger partial charge in [-0.2, -0.15) is 0 Å². The molecule has 2 rings (SSSR count). The third-order valence-corrected chi connectivity index (χ3v) is 5.13. The van der Waals surface area contributed by atoms with Crippen LogP contribution in [0.4, 0.5) is 0 Å². The van der Waals surface area contributed by atoms with Gasteiger partial charge in [0.25, 0.3) is 0 Å². The van der Waals surface area contributed by atoms with Crippen molar-refractivity contribution in [3.8, 4) is 5.75 Å². The average molecular weight is 265 g/mol. The molecule has 1 aromatic rings. The fourth-order valence-corrected chi connectivity index (χ4v) is 4.10. The van der Waals surface area contributed by atoms with Crippen LogP contribution in [0, 0.1) is 0 Å². The fraction of sp³-hybridized carbons (Fsp3) is 0.600. The molecule has 1 saturated carbocycles. The van der Waals surface area contributed by atoms with Gasteiger partial charge in [0.2, 0.25) is 0 Å². The molecule has 1 N–H and O–H groups in total. The van der Waals surface area contributed by atoms with Gasteiger partial charge in [0.05, 0.1) is 7.11 Å². The second-order valence-corrected chi connectivity index (χ2v) is 6.12. The normalized spacial score (nSPS) is 24.6. The maximum Gasteiger partial charge on any atom is 0.132 e. The number of hydrogen-bond acceptors (Lipinski definition) is 3. The summed E-state index contributed by atoms with van der Waals surface area (Å²) in [4.78, 5) is 1.27. The lowest BCUT2D eigenvalue weighted by Crippen LogP contribution is -2.34. The van der Waals surface area contributed by atoms with Gasteiger partial charge in [-0.3, -0.25) is 0 Å². The maximum atomic E-state index is 5.45. The standard InChI is InChI=1S/C15H23NOS/c1-16-12-8-4-3-5-10-14(12)18-15-11-7-6-9-13(15)17-2/h6-7,9,11-12,14,16H,3-5,8,10H2,1-2H3. The summed E-state index contributed by atoms with van der Waals surface area (Å²) in [6.07, 6.45) is 6.68. The van der Waals surface area contributed by atoms with E-state index in [0.29, 0.717) is 11.3 Å². The molecular weight excluding hydrogens is 242 g/mol. The summed E-state index contributed by atoms with van der Waals surface area (Å²) >= 11 is 1.97. The molecule has 0 bridgehead atoms. The highest BCUT2D eigenvalue weighted by Crippen LogP contribution is 2.37. The molecule has 0 heterocycles. The van der Waals surface area contributed by atoms with E-state index in [2.05, 4.69) is 24.5 Å². The Morgan fingerprint density at radius 3 is 2.72 bits per heavy atom. The largest absolute Gasteiger partial charge is 0.496 e. The Kier molecular flexibility index (Phi) is 5.39. The molecule has 1 fully saturated rings. The molecule has 2 atom stereocenters. The highest BCUT2D eigenvalue weighted by atomic mass is 32.2. The van der Waals surface area contributed by atoms with Gasteiger partial charge in [0.15, 0.2) is 0 Å². The Balaban J connectivity index is 2.10. The number of para-hydroxylation sites is 1. The Bertz CT molecular complexity index is 369. The van der Waals surface area contributed by atoms with Gasteiger partial charge in [0, 0.05) is 16.2 Å². The zero-order valence-corrected chi connectivity index (χ0v) is 12.1.